The van der Waals surface area contributed by atoms with Crippen molar-refractivity contribution in [1.29, 1.82) is 0 Å². The predicted molar refractivity (Wildman–Crippen MR) is 61.4 cm³/mol. The Morgan fingerprint density at radius 2 is 2.38 bits per heavy atom. The monoisotopic (exact) mass is 243 g/mol. The van der Waals surface area contributed by atoms with Crippen LogP contribution < -0.4 is 0 Å². The van der Waals surface area contributed by atoms with Crippen molar-refractivity contribution in [3.8, 4) is 0 Å². The van der Waals surface area contributed by atoms with Gasteiger partial charge in [0.05, 0.1) is 16.9 Å². The fourth-order valence-electron chi connectivity index (χ4n) is 1.38. The Morgan fingerprint density at radius 1 is 1.69 bits per heavy atom. The van der Waals surface area contributed by atoms with Gasteiger partial charge in [-0.1, -0.05) is 0 Å². The fraction of sp³-hybridized carbons (Fsp3) is 0.500. The van der Waals surface area contributed by atoms with Crippen LogP contribution in [0.2, 0.25) is 0 Å². The quantitative estimate of drug-likeness (QED) is 0.327. The average Bonchev–Trinajstić information content (AvgIpc) is 2.54. The predicted octanol–water partition coefficient (Wildman–Crippen LogP) is 1.98. The molecule has 16 heavy (non-hydrogen) atoms. The molecule has 1 atom stereocenters. The fourth-order valence-corrected chi connectivity index (χ4v) is 1.66. The Labute approximate surface area is 97.7 Å². The molecule has 0 aromatic heterocycles. The lowest BCUT2D eigenvalue weighted by molar-refractivity contribution is -0.419. The summed E-state index contributed by atoms with van der Waals surface area (Å²) in [5.74, 6) is -0.399. The minimum atomic E-state index is -0.870. The molecule has 0 N–H and O–H groups in total. The van der Waals surface area contributed by atoms with Gasteiger partial charge < -0.3 is 4.74 Å². The molecule has 0 amide bonds. The maximum absolute atomic E-state index is 11.4. The number of nitro groups is 1. The summed E-state index contributed by atoms with van der Waals surface area (Å²) in [6, 6.07) is 0. The number of carbonyl (C=O) groups excluding carboxylic acids is 1. The van der Waals surface area contributed by atoms with Gasteiger partial charge in [0.2, 0.25) is 0 Å². The van der Waals surface area contributed by atoms with Gasteiger partial charge >= 0.3 is 5.97 Å². The summed E-state index contributed by atoms with van der Waals surface area (Å²) in [6.45, 7) is 1.97. The molecule has 88 valence electrons. The minimum absolute atomic E-state index is 0.0734. The molecule has 0 aromatic carbocycles. The van der Waals surface area contributed by atoms with Crippen LogP contribution in [0.15, 0.2) is 23.3 Å². The third kappa shape index (κ3) is 2.85. The molecule has 0 bridgehead atoms. The molecule has 1 unspecified atom stereocenters. The summed E-state index contributed by atoms with van der Waals surface area (Å²) < 4.78 is 4.82. The standard InChI is InChI=1S/C10H13NO4S/c1-10(4-5-15-9(10)12)7-8(11(13)14)3-6-16-2/h3,6-7H,4-5H2,1-2H3/b6-3-,8-7-. The molecule has 1 saturated heterocycles. The molecule has 6 heteroatoms. The molecule has 0 aromatic rings. The Morgan fingerprint density at radius 3 is 2.81 bits per heavy atom. The maximum Gasteiger partial charge on any atom is 0.316 e. The van der Waals surface area contributed by atoms with Crippen LogP contribution in [0.3, 0.4) is 0 Å². The third-order valence-electron chi connectivity index (χ3n) is 2.37. The Bertz CT molecular complexity index is 364. The van der Waals surface area contributed by atoms with E-state index >= 15 is 0 Å². The van der Waals surface area contributed by atoms with Crippen molar-refractivity contribution < 1.29 is 14.5 Å². The lowest BCUT2D eigenvalue weighted by Crippen LogP contribution is -2.20. The zero-order valence-corrected chi connectivity index (χ0v) is 9.95. The van der Waals surface area contributed by atoms with Crippen LogP contribution in [0, 0.1) is 15.5 Å². The van der Waals surface area contributed by atoms with Gasteiger partial charge in [0.1, 0.15) is 0 Å². The number of ether oxygens (including phenoxy) is 1. The number of rotatable bonds is 4. The number of hydrogen-bond acceptors (Lipinski definition) is 5. The summed E-state index contributed by atoms with van der Waals surface area (Å²) in [6.07, 6.45) is 5.05. The van der Waals surface area contributed by atoms with Gasteiger partial charge in [-0.15, -0.1) is 11.8 Å². The van der Waals surface area contributed by atoms with Gasteiger partial charge in [-0.25, -0.2) is 0 Å². The van der Waals surface area contributed by atoms with E-state index in [4.69, 9.17) is 4.74 Å². The summed E-state index contributed by atoms with van der Waals surface area (Å²) in [7, 11) is 0. The maximum atomic E-state index is 11.4. The number of carbonyl (C=O) groups is 1. The lowest BCUT2D eigenvalue weighted by Gasteiger charge is -2.11. The topological polar surface area (TPSA) is 69.4 Å². The normalized spacial score (nSPS) is 26.1. The van der Waals surface area contributed by atoms with Gasteiger partial charge in [0.15, 0.2) is 0 Å². The molecule has 0 radical (unpaired) electrons. The van der Waals surface area contributed by atoms with Crippen molar-refractivity contribution >= 4 is 17.7 Å². The smallest absolute Gasteiger partial charge is 0.316 e. The number of thioether (sulfide) groups is 1. The first kappa shape index (κ1) is 12.8. The van der Waals surface area contributed by atoms with Crippen molar-refractivity contribution in [2.75, 3.05) is 12.9 Å². The molecule has 1 rings (SSSR count). The van der Waals surface area contributed by atoms with Gasteiger partial charge in [0, 0.05) is 18.6 Å². The summed E-state index contributed by atoms with van der Waals surface area (Å²) in [5.41, 5.74) is -0.943. The number of cyclic esters (lactones) is 1. The zero-order valence-electron chi connectivity index (χ0n) is 9.13. The van der Waals surface area contributed by atoms with E-state index in [1.165, 1.54) is 23.9 Å². The molecular formula is C10H13NO4S. The molecule has 0 spiro atoms. The first-order valence-corrected chi connectivity index (χ1v) is 6.02. The molecular weight excluding hydrogens is 230 g/mol. The van der Waals surface area contributed by atoms with E-state index in [9.17, 15) is 14.9 Å². The van der Waals surface area contributed by atoms with Crippen LogP contribution in [0.1, 0.15) is 13.3 Å². The van der Waals surface area contributed by atoms with E-state index in [2.05, 4.69) is 0 Å². The molecule has 5 nitrogen and oxygen atoms in total. The van der Waals surface area contributed by atoms with E-state index in [0.717, 1.165) is 0 Å². The largest absolute Gasteiger partial charge is 0.465 e. The molecule has 0 saturated carbocycles. The van der Waals surface area contributed by atoms with Crippen molar-refractivity contribution in [2.45, 2.75) is 13.3 Å². The lowest BCUT2D eigenvalue weighted by atomic mass is 9.88. The minimum Gasteiger partial charge on any atom is -0.465 e. The van der Waals surface area contributed by atoms with E-state index in [0.29, 0.717) is 13.0 Å². The van der Waals surface area contributed by atoms with E-state index < -0.39 is 16.3 Å². The highest BCUT2D eigenvalue weighted by Gasteiger charge is 2.39. The van der Waals surface area contributed by atoms with Crippen LogP contribution >= 0.6 is 11.8 Å². The highest BCUT2D eigenvalue weighted by Crippen LogP contribution is 2.32. The van der Waals surface area contributed by atoms with Gasteiger partial charge in [-0.2, -0.15) is 0 Å². The first-order valence-electron chi connectivity index (χ1n) is 4.73. The summed E-state index contributed by atoms with van der Waals surface area (Å²) in [5, 5.41) is 12.4. The number of esters is 1. The van der Waals surface area contributed by atoms with Crippen LogP contribution in [0.25, 0.3) is 0 Å². The van der Waals surface area contributed by atoms with Crippen molar-refractivity contribution in [3.05, 3.63) is 33.4 Å². The van der Waals surface area contributed by atoms with Gasteiger partial charge in [-0.3, -0.25) is 14.9 Å². The summed E-state index contributed by atoms with van der Waals surface area (Å²) >= 11 is 1.36. The van der Waals surface area contributed by atoms with Crippen molar-refractivity contribution in [2.24, 2.45) is 5.41 Å². The number of allylic oxidation sites excluding steroid dienone is 1. The second-order valence-electron chi connectivity index (χ2n) is 3.67. The first-order chi connectivity index (χ1) is 7.49. The Hall–Kier alpha value is -1.30. The second kappa shape index (κ2) is 5.16. The zero-order chi connectivity index (χ0) is 12.2. The van der Waals surface area contributed by atoms with Crippen molar-refractivity contribution in [1.82, 2.24) is 0 Å². The van der Waals surface area contributed by atoms with Crippen LogP contribution in [0.4, 0.5) is 0 Å². The van der Waals surface area contributed by atoms with E-state index in [1.807, 2.05) is 0 Å². The molecule has 1 heterocycles. The highest BCUT2D eigenvalue weighted by atomic mass is 32.2. The Kier molecular flexibility index (Phi) is 4.12. The number of nitrogens with zero attached hydrogens (tertiary/aromatic N) is 1. The summed E-state index contributed by atoms with van der Waals surface area (Å²) in [4.78, 5) is 21.7. The number of hydrogen-bond donors (Lipinski definition) is 0. The average molecular weight is 243 g/mol. The van der Waals surface area contributed by atoms with Crippen LogP contribution in [-0.2, 0) is 9.53 Å². The Balaban J connectivity index is 2.97. The van der Waals surface area contributed by atoms with E-state index in [1.54, 1.807) is 18.6 Å². The van der Waals surface area contributed by atoms with Gasteiger partial charge in [0.25, 0.3) is 5.70 Å². The molecule has 1 fully saturated rings. The van der Waals surface area contributed by atoms with Gasteiger partial charge in [-0.05, 0) is 18.6 Å². The third-order valence-corrected chi connectivity index (χ3v) is 2.78. The SMILES string of the molecule is CS/C=C\C(=C\C1(C)CCOC1=O)[N+](=O)[O-]. The molecule has 1 aliphatic heterocycles. The van der Waals surface area contributed by atoms with E-state index in [-0.39, 0.29) is 5.70 Å². The molecule has 0 aliphatic carbocycles. The van der Waals surface area contributed by atoms with Crippen molar-refractivity contribution in [3.63, 3.8) is 0 Å². The van der Waals surface area contributed by atoms with Crippen LogP contribution in [-0.4, -0.2) is 23.8 Å². The second-order valence-corrected chi connectivity index (χ2v) is 4.41. The molecule has 1 aliphatic rings. The van der Waals surface area contributed by atoms with Crippen LogP contribution in [0.5, 0.6) is 0 Å². The highest BCUT2D eigenvalue weighted by molar-refractivity contribution is 8.01.